The molecule has 1 aromatic heterocycles. The number of hydrogen-bond donors (Lipinski definition) is 1. The van der Waals surface area contributed by atoms with Crippen molar-refractivity contribution in [2.75, 3.05) is 25.0 Å². The molecule has 5 heteroatoms. The molecule has 0 aliphatic heterocycles. The summed E-state index contributed by atoms with van der Waals surface area (Å²) < 4.78 is 4.22. The van der Waals surface area contributed by atoms with Gasteiger partial charge in [0, 0.05) is 6.04 Å². The quantitative estimate of drug-likeness (QED) is 0.794. The second kappa shape index (κ2) is 8.13. The van der Waals surface area contributed by atoms with Crippen molar-refractivity contribution < 1.29 is 0 Å². The smallest absolute Gasteiger partial charge is 0.127 e. The monoisotopic (exact) mass is 280 g/mol. The van der Waals surface area contributed by atoms with Crippen molar-refractivity contribution in [3.8, 4) is 6.07 Å². The van der Waals surface area contributed by atoms with Crippen molar-refractivity contribution in [1.82, 2.24) is 9.27 Å². The molecule has 0 bridgehead atoms. The Bertz CT molecular complexity index is 418. The molecule has 0 fully saturated rings. The molecule has 1 unspecified atom stereocenters. The van der Waals surface area contributed by atoms with E-state index in [1.807, 2.05) is 6.92 Å². The molecule has 19 heavy (non-hydrogen) atoms. The third-order valence-corrected chi connectivity index (χ3v) is 4.23. The molecule has 0 aliphatic rings. The van der Waals surface area contributed by atoms with Gasteiger partial charge in [0.05, 0.1) is 5.69 Å². The molecule has 0 saturated carbocycles. The Hall–Kier alpha value is -1.12. The average Bonchev–Trinajstić information content (AvgIpc) is 2.75. The number of nitrogens with zero attached hydrogens (tertiary/aromatic N) is 3. The lowest BCUT2D eigenvalue weighted by atomic mass is 10.1. The first-order chi connectivity index (χ1) is 9.12. The van der Waals surface area contributed by atoms with Crippen molar-refractivity contribution in [1.29, 1.82) is 5.26 Å². The number of nitrogens with one attached hydrogen (secondary N) is 1. The van der Waals surface area contributed by atoms with E-state index in [4.69, 9.17) is 5.26 Å². The van der Waals surface area contributed by atoms with Crippen LogP contribution in [-0.4, -0.2) is 34.9 Å². The van der Waals surface area contributed by atoms with Gasteiger partial charge in [0.2, 0.25) is 0 Å². The lowest BCUT2D eigenvalue weighted by Gasteiger charge is -2.19. The summed E-state index contributed by atoms with van der Waals surface area (Å²) in [5.74, 6) is 0. The van der Waals surface area contributed by atoms with Crippen molar-refractivity contribution in [2.45, 2.75) is 46.6 Å². The van der Waals surface area contributed by atoms with Gasteiger partial charge in [0.15, 0.2) is 0 Å². The Kier molecular flexibility index (Phi) is 6.82. The zero-order chi connectivity index (χ0) is 14.3. The van der Waals surface area contributed by atoms with Gasteiger partial charge in [-0.25, -0.2) is 0 Å². The van der Waals surface area contributed by atoms with E-state index in [9.17, 15) is 0 Å². The summed E-state index contributed by atoms with van der Waals surface area (Å²) in [5.41, 5.74) is 1.52. The van der Waals surface area contributed by atoms with Crippen LogP contribution in [0.1, 0.15) is 44.9 Å². The Morgan fingerprint density at radius 1 is 1.42 bits per heavy atom. The topological polar surface area (TPSA) is 52.0 Å². The fourth-order valence-corrected chi connectivity index (χ4v) is 2.91. The maximum atomic E-state index is 9.08. The molecule has 0 amide bonds. The lowest BCUT2D eigenvalue weighted by Crippen LogP contribution is -2.25. The average molecular weight is 280 g/mol. The standard InChI is InChI=1S/C14H24N4S/c1-5-18(6-2)9-7-8-11(3)16-14-13(10-15)12(4)17-19-14/h11,16H,5-9H2,1-4H3. The van der Waals surface area contributed by atoms with E-state index in [0.717, 1.165) is 36.8 Å². The van der Waals surface area contributed by atoms with Crippen LogP contribution in [0.4, 0.5) is 5.00 Å². The van der Waals surface area contributed by atoms with Crippen molar-refractivity contribution >= 4 is 16.5 Å². The van der Waals surface area contributed by atoms with Crippen molar-refractivity contribution in [3.63, 3.8) is 0 Å². The highest BCUT2D eigenvalue weighted by atomic mass is 32.1. The van der Waals surface area contributed by atoms with Gasteiger partial charge in [-0.15, -0.1) is 0 Å². The summed E-state index contributed by atoms with van der Waals surface area (Å²) in [5, 5.41) is 13.4. The molecule has 1 aromatic rings. The number of aromatic nitrogens is 1. The SMILES string of the molecule is CCN(CC)CCCC(C)Nc1snc(C)c1C#N. The van der Waals surface area contributed by atoms with Crippen LogP contribution in [0.2, 0.25) is 0 Å². The minimum Gasteiger partial charge on any atom is -0.372 e. The second-order valence-electron chi connectivity index (χ2n) is 4.80. The molecule has 1 rings (SSSR count). The molecule has 0 spiro atoms. The zero-order valence-electron chi connectivity index (χ0n) is 12.4. The van der Waals surface area contributed by atoms with Crippen LogP contribution in [0.25, 0.3) is 0 Å². The second-order valence-corrected chi connectivity index (χ2v) is 5.57. The van der Waals surface area contributed by atoms with Crippen LogP contribution < -0.4 is 5.32 Å². The number of hydrogen-bond acceptors (Lipinski definition) is 5. The molecule has 4 nitrogen and oxygen atoms in total. The largest absolute Gasteiger partial charge is 0.372 e. The Balaban J connectivity index is 2.39. The highest BCUT2D eigenvalue weighted by Gasteiger charge is 2.12. The first-order valence-electron chi connectivity index (χ1n) is 6.97. The maximum absolute atomic E-state index is 9.08. The van der Waals surface area contributed by atoms with E-state index in [-0.39, 0.29) is 0 Å². The van der Waals surface area contributed by atoms with Gasteiger partial charge in [-0.05, 0) is 57.9 Å². The van der Waals surface area contributed by atoms with Crippen LogP contribution in [0.5, 0.6) is 0 Å². The molecule has 1 heterocycles. The molecule has 0 aromatic carbocycles. The van der Waals surface area contributed by atoms with Gasteiger partial charge in [-0.1, -0.05) is 13.8 Å². The van der Waals surface area contributed by atoms with E-state index in [1.54, 1.807) is 0 Å². The third-order valence-electron chi connectivity index (χ3n) is 3.36. The number of aryl methyl sites for hydroxylation is 1. The molecule has 0 radical (unpaired) electrons. The van der Waals surface area contributed by atoms with E-state index in [2.05, 4.69) is 41.4 Å². The van der Waals surface area contributed by atoms with E-state index < -0.39 is 0 Å². The summed E-state index contributed by atoms with van der Waals surface area (Å²) in [6, 6.07) is 2.60. The minimum atomic E-state index is 0.377. The molecule has 0 saturated heterocycles. The first-order valence-corrected chi connectivity index (χ1v) is 7.74. The Morgan fingerprint density at radius 3 is 2.68 bits per heavy atom. The van der Waals surface area contributed by atoms with Crippen LogP contribution in [0, 0.1) is 18.3 Å². The normalized spacial score (nSPS) is 12.4. The van der Waals surface area contributed by atoms with Gasteiger partial charge in [0.25, 0.3) is 0 Å². The maximum Gasteiger partial charge on any atom is 0.127 e. The summed E-state index contributed by atoms with van der Waals surface area (Å²) in [6.07, 6.45) is 2.29. The van der Waals surface area contributed by atoms with Crippen LogP contribution in [0.3, 0.4) is 0 Å². The van der Waals surface area contributed by atoms with Crippen LogP contribution in [-0.2, 0) is 0 Å². The van der Waals surface area contributed by atoms with Crippen LogP contribution in [0.15, 0.2) is 0 Å². The van der Waals surface area contributed by atoms with E-state index >= 15 is 0 Å². The molecule has 0 aliphatic carbocycles. The third kappa shape index (κ3) is 4.81. The zero-order valence-corrected chi connectivity index (χ0v) is 13.2. The van der Waals surface area contributed by atoms with Gasteiger partial charge in [-0.2, -0.15) is 9.64 Å². The highest BCUT2D eigenvalue weighted by Crippen LogP contribution is 2.24. The highest BCUT2D eigenvalue weighted by molar-refractivity contribution is 7.10. The predicted octanol–water partition coefficient (Wildman–Crippen LogP) is 3.25. The first kappa shape index (κ1) is 15.9. The molecular formula is C14H24N4S. The number of anilines is 1. The Morgan fingerprint density at radius 2 is 2.11 bits per heavy atom. The fraction of sp³-hybridized carbons (Fsp3) is 0.714. The van der Waals surface area contributed by atoms with Gasteiger partial charge >= 0.3 is 0 Å². The van der Waals surface area contributed by atoms with Crippen molar-refractivity contribution in [2.24, 2.45) is 0 Å². The van der Waals surface area contributed by atoms with Gasteiger partial charge in [0.1, 0.15) is 16.6 Å². The molecule has 1 N–H and O–H groups in total. The van der Waals surface area contributed by atoms with Gasteiger partial charge in [-0.3, -0.25) is 0 Å². The van der Waals surface area contributed by atoms with Crippen molar-refractivity contribution in [3.05, 3.63) is 11.3 Å². The summed E-state index contributed by atoms with van der Waals surface area (Å²) >= 11 is 1.38. The predicted molar refractivity (Wildman–Crippen MR) is 81.7 cm³/mol. The summed E-state index contributed by atoms with van der Waals surface area (Å²) in [7, 11) is 0. The number of nitriles is 1. The van der Waals surface area contributed by atoms with Crippen LogP contribution >= 0.6 is 11.5 Å². The van der Waals surface area contributed by atoms with Gasteiger partial charge < -0.3 is 10.2 Å². The summed E-state index contributed by atoms with van der Waals surface area (Å²) in [4.78, 5) is 2.43. The van der Waals surface area contributed by atoms with E-state index in [1.165, 1.54) is 18.0 Å². The molecule has 106 valence electrons. The molecular weight excluding hydrogens is 256 g/mol. The molecule has 1 atom stereocenters. The summed E-state index contributed by atoms with van der Waals surface area (Å²) in [6.45, 7) is 11.8. The number of rotatable bonds is 8. The minimum absolute atomic E-state index is 0.377. The lowest BCUT2D eigenvalue weighted by molar-refractivity contribution is 0.295. The Labute approximate surface area is 120 Å². The fourth-order valence-electron chi connectivity index (χ4n) is 2.06. The van der Waals surface area contributed by atoms with E-state index in [0.29, 0.717) is 11.6 Å².